The number of fused-ring (bicyclic) bond motifs is 1. The van der Waals surface area contributed by atoms with E-state index in [1.807, 2.05) is 48.9 Å². The SMILES string of the molecule is CC(C)C(=O)N1CCn2cc(CC(=O)N3CC=CC3)nc2C1C. The van der Waals surface area contributed by atoms with Crippen molar-refractivity contribution in [3.8, 4) is 0 Å². The van der Waals surface area contributed by atoms with Gasteiger partial charge in [0.1, 0.15) is 5.82 Å². The Labute approximate surface area is 136 Å². The topological polar surface area (TPSA) is 58.4 Å². The number of hydrogen-bond acceptors (Lipinski definition) is 3. The van der Waals surface area contributed by atoms with E-state index < -0.39 is 0 Å². The molecule has 2 aliphatic rings. The lowest BCUT2D eigenvalue weighted by molar-refractivity contribution is -0.137. The van der Waals surface area contributed by atoms with Crippen LogP contribution >= 0.6 is 0 Å². The van der Waals surface area contributed by atoms with Crippen molar-refractivity contribution in [1.29, 1.82) is 0 Å². The average molecular weight is 316 g/mol. The Bertz CT molecular complexity index is 639. The molecule has 0 saturated carbocycles. The zero-order chi connectivity index (χ0) is 16.6. The molecule has 0 fully saturated rings. The highest BCUT2D eigenvalue weighted by atomic mass is 16.2. The molecule has 3 rings (SSSR count). The maximum Gasteiger partial charge on any atom is 0.229 e. The lowest BCUT2D eigenvalue weighted by Gasteiger charge is -2.34. The third-order valence-electron chi connectivity index (χ3n) is 4.56. The molecule has 0 saturated heterocycles. The van der Waals surface area contributed by atoms with E-state index in [1.165, 1.54) is 0 Å². The van der Waals surface area contributed by atoms with Crippen molar-refractivity contribution >= 4 is 11.8 Å². The number of nitrogens with zero attached hydrogens (tertiary/aromatic N) is 4. The Balaban J connectivity index is 1.72. The molecule has 0 N–H and O–H groups in total. The number of hydrogen-bond donors (Lipinski definition) is 0. The fourth-order valence-corrected chi connectivity index (χ4v) is 3.21. The molecular weight excluding hydrogens is 292 g/mol. The minimum Gasteiger partial charge on any atom is -0.335 e. The smallest absolute Gasteiger partial charge is 0.229 e. The standard InChI is InChI=1S/C17H24N4O2/c1-12(2)17(23)21-9-8-20-11-14(18-16(20)13(21)3)10-15(22)19-6-4-5-7-19/h4-5,11-13H,6-10H2,1-3H3. The number of imidazole rings is 1. The van der Waals surface area contributed by atoms with Crippen LogP contribution in [0.1, 0.15) is 38.3 Å². The van der Waals surface area contributed by atoms with Gasteiger partial charge < -0.3 is 14.4 Å². The third-order valence-corrected chi connectivity index (χ3v) is 4.56. The minimum atomic E-state index is -0.0454. The van der Waals surface area contributed by atoms with Gasteiger partial charge in [-0.3, -0.25) is 9.59 Å². The predicted molar refractivity (Wildman–Crippen MR) is 86.6 cm³/mol. The highest BCUT2D eigenvalue weighted by Crippen LogP contribution is 2.26. The molecule has 0 spiro atoms. The molecule has 0 aliphatic carbocycles. The molecule has 3 heterocycles. The molecule has 23 heavy (non-hydrogen) atoms. The van der Waals surface area contributed by atoms with Crippen LogP contribution in [0.2, 0.25) is 0 Å². The summed E-state index contributed by atoms with van der Waals surface area (Å²) >= 11 is 0. The van der Waals surface area contributed by atoms with Gasteiger partial charge in [0.15, 0.2) is 0 Å². The van der Waals surface area contributed by atoms with E-state index in [9.17, 15) is 9.59 Å². The number of carbonyl (C=O) groups excluding carboxylic acids is 2. The molecule has 1 aromatic rings. The summed E-state index contributed by atoms with van der Waals surface area (Å²) in [5.74, 6) is 1.14. The van der Waals surface area contributed by atoms with Gasteiger partial charge in [-0.15, -0.1) is 0 Å². The van der Waals surface area contributed by atoms with Crippen molar-refractivity contribution in [3.05, 3.63) is 29.9 Å². The molecule has 0 aromatic carbocycles. The Hall–Kier alpha value is -2.11. The summed E-state index contributed by atoms with van der Waals surface area (Å²) in [7, 11) is 0. The molecule has 124 valence electrons. The summed E-state index contributed by atoms with van der Waals surface area (Å²) in [6.07, 6.45) is 6.30. The second kappa shape index (κ2) is 6.18. The van der Waals surface area contributed by atoms with Crippen LogP contribution in [0.15, 0.2) is 18.3 Å². The van der Waals surface area contributed by atoms with Crippen molar-refractivity contribution in [1.82, 2.24) is 19.4 Å². The quantitative estimate of drug-likeness (QED) is 0.792. The summed E-state index contributed by atoms with van der Waals surface area (Å²) in [5, 5.41) is 0. The van der Waals surface area contributed by atoms with Gasteiger partial charge in [-0.1, -0.05) is 26.0 Å². The molecule has 1 atom stereocenters. The average Bonchev–Trinajstić information content (AvgIpc) is 3.16. The van der Waals surface area contributed by atoms with Crippen LogP contribution in [-0.2, 0) is 22.6 Å². The van der Waals surface area contributed by atoms with E-state index >= 15 is 0 Å². The first-order valence-electron chi connectivity index (χ1n) is 8.26. The summed E-state index contributed by atoms with van der Waals surface area (Å²) in [6, 6.07) is -0.0454. The second-order valence-corrected chi connectivity index (χ2v) is 6.59. The van der Waals surface area contributed by atoms with E-state index in [-0.39, 0.29) is 23.8 Å². The number of amides is 2. The van der Waals surface area contributed by atoms with E-state index in [2.05, 4.69) is 9.55 Å². The fraction of sp³-hybridized carbons (Fsp3) is 0.588. The van der Waals surface area contributed by atoms with Crippen LogP contribution in [0, 0.1) is 5.92 Å². The van der Waals surface area contributed by atoms with E-state index in [4.69, 9.17) is 0 Å². The first-order chi connectivity index (χ1) is 11.0. The van der Waals surface area contributed by atoms with Crippen molar-refractivity contribution < 1.29 is 9.59 Å². The molecule has 2 aliphatic heterocycles. The van der Waals surface area contributed by atoms with Gasteiger partial charge in [0, 0.05) is 38.3 Å². The van der Waals surface area contributed by atoms with Gasteiger partial charge in [-0.2, -0.15) is 0 Å². The third kappa shape index (κ3) is 3.02. The highest BCUT2D eigenvalue weighted by molar-refractivity contribution is 5.79. The van der Waals surface area contributed by atoms with Crippen LogP contribution in [0.3, 0.4) is 0 Å². The Kier molecular flexibility index (Phi) is 4.24. The van der Waals surface area contributed by atoms with E-state index in [0.717, 1.165) is 18.1 Å². The number of rotatable bonds is 3. The Morgan fingerprint density at radius 3 is 2.61 bits per heavy atom. The summed E-state index contributed by atoms with van der Waals surface area (Å²) < 4.78 is 2.08. The molecule has 1 unspecified atom stereocenters. The van der Waals surface area contributed by atoms with E-state index in [0.29, 0.717) is 26.1 Å². The lowest BCUT2D eigenvalue weighted by Crippen LogP contribution is -2.42. The van der Waals surface area contributed by atoms with Crippen LogP contribution in [0.25, 0.3) is 0 Å². The zero-order valence-corrected chi connectivity index (χ0v) is 14.0. The first kappa shape index (κ1) is 15.8. The molecule has 0 bridgehead atoms. The summed E-state index contributed by atoms with van der Waals surface area (Å²) in [6.45, 7) is 8.68. The molecular formula is C17H24N4O2. The van der Waals surface area contributed by atoms with Gasteiger partial charge in [0.2, 0.25) is 11.8 Å². The molecule has 6 heteroatoms. The van der Waals surface area contributed by atoms with Gasteiger partial charge >= 0.3 is 0 Å². The Morgan fingerprint density at radius 1 is 1.26 bits per heavy atom. The summed E-state index contributed by atoms with van der Waals surface area (Å²) in [4.78, 5) is 32.9. The maximum atomic E-state index is 12.3. The largest absolute Gasteiger partial charge is 0.335 e. The molecule has 6 nitrogen and oxygen atoms in total. The zero-order valence-electron chi connectivity index (χ0n) is 14.0. The maximum absolute atomic E-state index is 12.3. The van der Waals surface area contributed by atoms with Gasteiger partial charge in [0.05, 0.1) is 18.2 Å². The van der Waals surface area contributed by atoms with E-state index in [1.54, 1.807) is 0 Å². The van der Waals surface area contributed by atoms with Crippen LogP contribution < -0.4 is 0 Å². The lowest BCUT2D eigenvalue weighted by atomic mass is 10.1. The van der Waals surface area contributed by atoms with Crippen LogP contribution in [-0.4, -0.2) is 50.8 Å². The van der Waals surface area contributed by atoms with Crippen molar-refractivity contribution in [3.63, 3.8) is 0 Å². The monoisotopic (exact) mass is 316 g/mol. The van der Waals surface area contributed by atoms with Crippen LogP contribution in [0.5, 0.6) is 0 Å². The van der Waals surface area contributed by atoms with Crippen molar-refractivity contribution in [2.75, 3.05) is 19.6 Å². The minimum absolute atomic E-state index is 0.0114. The first-order valence-corrected chi connectivity index (χ1v) is 8.26. The Morgan fingerprint density at radius 2 is 1.96 bits per heavy atom. The normalized spacial score (nSPS) is 20.3. The van der Waals surface area contributed by atoms with Crippen LogP contribution in [0.4, 0.5) is 0 Å². The summed E-state index contributed by atoms with van der Waals surface area (Å²) in [5.41, 5.74) is 0.794. The van der Waals surface area contributed by atoms with Gasteiger partial charge in [0.25, 0.3) is 0 Å². The fourth-order valence-electron chi connectivity index (χ4n) is 3.21. The molecule has 1 aromatic heterocycles. The second-order valence-electron chi connectivity index (χ2n) is 6.59. The van der Waals surface area contributed by atoms with Gasteiger partial charge in [-0.25, -0.2) is 4.98 Å². The van der Waals surface area contributed by atoms with Crippen molar-refractivity contribution in [2.24, 2.45) is 5.92 Å². The molecule has 0 radical (unpaired) electrons. The highest BCUT2D eigenvalue weighted by Gasteiger charge is 2.31. The van der Waals surface area contributed by atoms with Gasteiger partial charge in [-0.05, 0) is 6.92 Å². The number of carbonyl (C=O) groups is 2. The number of aromatic nitrogens is 2. The van der Waals surface area contributed by atoms with Crippen molar-refractivity contribution in [2.45, 2.75) is 39.8 Å². The predicted octanol–water partition coefficient (Wildman–Crippen LogP) is 1.38. The molecule has 2 amide bonds.